The van der Waals surface area contributed by atoms with Crippen molar-refractivity contribution in [3.8, 4) is 0 Å². The molecule has 3 rings (SSSR count). The molecule has 0 aliphatic carbocycles. The van der Waals surface area contributed by atoms with Gasteiger partial charge in [0.05, 0.1) is 6.54 Å². The van der Waals surface area contributed by atoms with E-state index in [1.165, 1.54) is 5.56 Å². The number of aryl methyl sites for hydroxylation is 1. The minimum atomic E-state index is -0.171. The molecule has 1 unspecified atom stereocenters. The van der Waals surface area contributed by atoms with Crippen molar-refractivity contribution in [3.05, 3.63) is 65.7 Å². The minimum absolute atomic E-state index is 0.171. The van der Waals surface area contributed by atoms with E-state index in [1.807, 2.05) is 24.4 Å². The molecule has 2 aromatic rings. The van der Waals surface area contributed by atoms with Gasteiger partial charge in [0, 0.05) is 24.0 Å². The number of nitrogens with zero attached hydrogens (tertiary/aromatic N) is 2. The number of benzodiazepines with no additional fused rings is 1. The summed E-state index contributed by atoms with van der Waals surface area (Å²) in [6.07, 6.45) is 4.93. The van der Waals surface area contributed by atoms with Gasteiger partial charge < -0.3 is 9.69 Å². The number of hydrogen-bond donors (Lipinski definition) is 0. The third kappa shape index (κ3) is 3.25. The Morgan fingerprint density at radius 3 is 2.68 bits per heavy atom. The largest absolute Gasteiger partial charge is 0.359 e. The molecule has 0 fully saturated rings. The third-order valence-corrected chi connectivity index (χ3v) is 4.03. The molecule has 3 nitrogen and oxygen atoms in total. The molecule has 0 saturated carbocycles. The maximum absolute atomic E-state index is 11.5. The summed E-state index contributed by atoms with van der Waals surface area (Å²) in [5.74, 6) is 0. The summed E-state index contributed by atoms with van der Waals surface area (Å²) in [7, 11) is 0. The molecular weight excluding hydrogens is 272 g/mol. The third-order valence-electron chi connectivity index (χ3n) is 4.03. The van der Waals surface area contributed by atoms with Crippen LogP contribution in [0.2, 0.25) is 0 Å². The second-order valence-electron chi connectivity index (χ2n) is 5.54. The van der Waals surface area contributed by atoms with Crippen molar-refractivity contribution in [2.75, 3.05) is 18.0 Å². The number of aliphatic imine (C=N–C) groups is 1. The van der Waals surface area contributed by atoms with Crippen LogP contribution in [0.25, 0.3) is 0 Å². The fourth-order valence-electron chi connectivity index (χ4n) is 2.90. The molecule has 0 saturated heterocycles. The second kappa shape index (κ2) is 7.03. The molecule has 0 amide bonds. The quantitative estimate of drug-likeness (QED) is 0.793. The first kappa shape index (κ1) is 14.5. The maximum atomic E-state index is 11.5. The number of carbonyl (C=O) groups excluding carboxylic acids is 1. The number of rotatable bonds is 5. The number of carbonyl (C=O) groups is 1. The van der Waals surface area contributed by atoms with Crippen LogP contribution in [0.5, 0.6) is 0 Å². The first-order valence-electron chi connectivity index (χ1n) is 7.73. The monoisotopic (exact) mass is 292 g/mol. The normalized spacial score (nSPS) is 16.9. The zero-order valence-electron chi connectivity index (χ0n) is 12.6. The predicted octanol–water partition coefficient (Wildman–Crippen LogP) is 3.13. The average Bonchev–Trinajstić information content (AvgIpc) is 2.75. The topological polar surface area (TPSA) is 32.7 Å². The van der Waals surface area contributed by atoms with Crippen LogP contribution in [-0.4, -0.2) is 31.6 Å². The summed E-state index contributed by atoms with van der Waals surface area (Å²) >= 11 is 0. The summed E-state index contributed by atoms with van der Waals surface area (Å²) in [6.45, 7) is 1.39. The van der Waals surface area contributed by atoms with Gasteiger partial charge in [-0.15, -0.1) is 0 Å². The molecule has 0 N–H and O–H groups in total. The maximum Gasteiger partial charge on any atom is 0.144 e. The number of para-hydroxylation sites is 1. The SMILES string of the molecule is O=CC1CN=Cc2ccccc2N1CCCc1ccccc1. The first-order chi connectivity index (χ1) is 10.9. The summed E-state index contributed by atoms with van der Waals surface area (Å²) in [5, 5.41) is 0. The molecule has 3 heteroatoms. The lowest BCUT2D eigenvalue weighted by atomic mass is 10.1. The number of anilines is 1. The van der Waals surface area contributed by atoms with Crippen molar-refractivity contribution in [2.45, 2.75) is 18.9 Å². The average molecular weight is 292 g/mol. The number of hydrogen-bond acceptors (Lipinski definition) is 3. The minimum Gasteiger partial charge on any atom is -0.359 e. The Kier molecular flexibility index (Phi) is 4.64. The van der Waals surface area contributed by atoms with Crippen LogP contribution in [0.15, 0.2) is 59.6 Å². The Labute approximate surface area is 131 Å². The molecule has 0 spiro atoms. The fraction of sp³-hybridized carbons (Fsp3) is 0.263. The van der Waals surface area contributed by atoms with E-state index in [9.17, 15) is 4.79 Å². The van der Waals surface area contributed by atoms with E-state index in [-0.39, 0.29) is 6.04 Å². The molecule has 1 aliphatic heterocycles. The van der Waals surface area contributed by atoms with Gasteiger partial charge in [-0.1, -0.05) is 48.5 Å². The van der Waals surface area contributed by atoms with Crippen LogP contribution in [0.3, 0.4) is 0 Å². The highest BCUT2D eigenvalue weighted by molar-refractivity contribution is 5.90. The zero-order valence-corrected chi connectivity index (χ0v) is 12.6. The molecule has 2 aromatic carbocycles. The lowest BCUT2D eigenvalue weighted by molar-refractivity contribution is -0.108. The van der Waals surface area contributed by atoms with Crippen LogP contribution in [-0.2, 0) is 11.2 Å². The Morgan fingerprint density at radius 1 is 1.09 bits per heavy atom. The fourth-order valence-corrected chi connectivity index (χ4v) is 2.90. The molecular formula is C19H20N2O. The Bertz CT molecular complexity index is 651. The van der Waals surface area contributed by atoms with Gasteiger partial charge in [-0.25, -0.2) is 0 Å². The number of benzene rings is 2. The van der Waals surface area contributed by atoms with Crippen LogP contribution >= 0.6 is 0 Å². The molecule has 1 aliphatic rings. The van der Waals surface area contributed by atoms with Crippen molar-refractivity contribution in [1.29, 1.82) is 0 Å². The van der Waals surface area contributed by atoms with Gasteiger partial charge in [0.2, 0.25) is 0 Å². The van der Waals surface area contributed by atoms with Gasteiger partial charge in [0.15, 0.2) is 0 Å². The van der Waals surface area contributed by atoms with Crippen LogP contribution in [0.1, 0.15) is 17.5 Å². The van der Waals surface area contributed by atoms with Gasteiger partial charge in [-0.05, 0) is 24.5 Å². The highest BCUT2D eigenvalue weighted by Gasteiger charge is 2.21. The molecule has 0 bridgehead atoms. The Morgan fingerprint density at radius 2 is 1.86 bits per heavy atom. The van der Waals surface area contributed by atoms with Crippen molar-refractivity contribution in [3.63, 3.8) is 0 Å². The van der Waals surface area contributed by atoms with E-state index in [0.717, 1.165) is 36.9 Å². The Hall–Kier alpha value is -2.42. The van der Waals surface area contributed by atoms with Gasteiger partial charge in [-0.3, -0.25) is 4.99 Å². The first-order valence-corrected chi connectivity index (χ1v) is 7.73. The molecule has 1 heterocycles. The highest BCUT2D eigenvalue weighted by atomic mass is 16.1. The van der Waals surface area contributed by atoms with Crippen molar-refractivity contribution in [2.24, 2.45) is 4.99 Å². The molecule has 112 valence electrons. The highest BCUT2D eigenvalue weighted by Crippen LogP contribution is 2.23. The number of fused-ring (bicyclic) bond motifs is 1. The zero-order chi connectivity index (χ0) is 15.2. The number of aldehydes is 1. The van der Waals surface area contributed by atoms with Gasteiger partial charge in [-0.2, -0.15) is 0 Å². The molecule has 0 aromatic heterocycles. The van der Waals surface area contributed by atoms with Crippen molar-refractivity contribution >= 4 is 18.2 Å². The van der Waals surface area contributed by atoms with Gasteiger partial charge in [0.1, 0.15) is 12.3 Å². The van der Waals surface area contributed by atoms with E-state index in [0.29, 0.717) is 6.54 Å². The van der Waals surface area contributed by atoms with Gasteiger partial charge >= 0.3 is 0 Å². The van der Waals surface area contributed by atoms with Crippen LogP contribution in [0.4, 0.5) is 5.69 Å². The smallest absolute Gasteiger partial charge is 0.144 e. The lowest BCUT2D eigenvalue weighted by Gasteiger charge is -2.29. The summed E-state index contributed by atoms with van der Waals surface area (Å²) < 4.78 is 0. The predicted molar refractivity (Wildman–Crippen MR) is 90.9 cm³/mol. The Balaban J connectivity index is 1.74. The lowest BCUT2D eigenvalue weighted by Crippen LogP contribution is -2.39. The van der Waals surface area contributed by atoms with Crippen LogP contribution < -0.4 is 4.90 Å². The van der Waals surface area contributed by atoms with Crippen molar-refractivity contribution in [1.82, 2.24) is 0 Å². The molecule has 1 atom stereocenters. The summed E-state index contributed by atoms with van der Waals surface area (Å²) in [6, 6.07) is 18.5. The molecule has 0 radical (unpaired) electrons. The van der Waals surface area contributed by atoms with Crippen LogP contribution in [0, 0.1) is 0 Å². The molecule has 22 heavy (non-hydrogen) atoms. The van der Waals surface area contributed by atoms with E-state index < -0.39 is 0 Å². The second-order valence-corrected chi connectivity index (χ2v) is 5.54. The van der Waals surface area contributed by atoms with E-state index in [2.05, 4.69) is 46.3 Å². The van der Waals surface area contributed by atoms with E-state index in [4.69, 9.17) is 0 Å². The summed E-state index contributed by atoms with van der Waals surface area (Å²) in [4.78, 5) is 18.0. The van der Waals surface area contributed by atoms with Gasteiger partial charge in [0.25, 0.3) is 0 Å². The van der Waals surface area contributed by atoms with E-state index >= 15 is 0 Å². The van der Waals surface area contributed by atoms with E-state index in [1.54, 1.807) is 0 Å². The summed E-state index contributed by atoms with van der Waals surface area (Å²) in [5.41, 5.74) is 3.53. The van der Waals surface area contributed by atoms with Crippen molar-refractivity contribution < 1.29 is 4.79 Å². The standard InChI is InChI=1S/C19H20N2O/c22-15-18-14-20-13-17-10-4-5-11-19(17)21(18)12-6-9-16-7-2-1-3-8-16/h1-5,7-8,10-11,13,15,18H,6,9,12,14H2.